The van der Waals surface area contributed by atoms with Gasteiger partial charge in [0.15, 0.2) is 21.3 Å². The van der Waals surface area contributed by atoms with E-state index in [1.54, 1.807) is 54.9 Å². The molecule has 206 valence electrons. The summed E-state index contributed by atoms with van der Waals surface area (Å²) in [5.41, 5.74) is 5.30. The van der Waals surface area contributed by atoms with Gasteiger partial charge in [0.25, 0.3) is 5.91 Å². The van der Waals surface area contributed by atoms with Gasteiger partial charge < -0.3 is 15.2 Å². The number of rotatable bonds is 11. The number of anilines is 1. The number of aryl methyl sites for hydroxylation is 1. The first-order valence-corrected chi connectivity index (χ1v) is 14.4. The number of ether oxygens (including phenoxy) is 1. The van der Waals surface area contributed by atoms with Crippen molar-refractivity contribution < 1.29 is 23.1 Å². The lowest BCUT2D eigenvalue weighted by Gasteiger charge is -2.14. The molecule has 1 aromatic heterocycles. The number of carbonyl (C=O) groups is 1. The van der Waals surface area contributed by atoms with Crippen LogP contribution in [0.5, 0.6) is 11.5 Å². The van der Waals surface area contributed by atoms with E-state index in [1.807, 2.05) is 24.3 Å². The van der Waals surface area contributed by atoms with Gasteiger partial charge in [-0.3, -0.25) is 9.78 Å². The third kappa shape index (κ3) is 7.33. The lowest BCUT2D eigenvalue weighted by molar-refractivity contribution is 0.102. The minimum Gasteiger partial charge on any atom is -0.504 e. The van der Waals surface area contributed by atoms with E-state index in [4.69, 9.17) is 9.72 Å². The van der Waals surface area contributed by atoms with Crippen LogP contribution in [0.2, 0.25) is 0 Å². The molecule has 0 bridgehead atoms. The lowest BCUT2D eigenvalue weighted by Crippen LogP contribution is -2.12. The Labute approximate surface area is 234 Å². The molecule has 1 atom stereocenters. The first-order valence-electron chi connectivity index (χ1n) is 12.7. The van der Waals surface area contributed by atoms with Crippen molar-refractivity contribution in [2.45, 2.75) is 25.7 Å². The summed E-state index contributed by atoms with van der Waals surface area (Å²) in [6.45, 7) is 5.41. The van der Waals surface area contributed by atoms with Crippen molar-refractivity contribution in [2.24, 2.45) is 0 Å². The predicted octanol–water partition coefficient (Wildman–Crippen LogP) is 5.56. The van der Waals surface area contributed by atoms with Crippen molar-refractivity contribution in [2.75, 3.05) is 18.2 Å². The maximum Gasteiger partial charge on any atom is 0.255 e. The number of amides is 1. The van der Waals surface area contributed by atoms with Crippen LogP contribution in [0.4, 0.5) is 5.69 Å². The Kier molecular flexibility index (Phi) is 8.96. The summed E-state index contributed by atoms with van der Waals surface area (Å²) in [6, 6.07) is 19.6. The van der Waals surface area contributed by atoms with Crippen molar-refractivity contribution in [1.82, 2.24) is 9.97 Å². The molecule has 2 N–H and O–H groups in total. The number of aromatic nitrogens is 2. The van der Waals surface area contributed by atoms with E-state index in [-0.39, 0.29) is 23.3 Å². The molecule has 8 nitrogen and oxygen atoms in total. The fourth-order valence-electron chi connectivity index (χ4n) is 4.20. The largest absolute Gasteiger partial charge is 0.504 e. The summed E-state index contributed by atoms with van der Waals surface area (Å²) in [7, 11) is -1.77. The molecule has 0 radical (unpaired) electrons. The Morgan fingerprint density at radius 2 is 1.88 bits per heavy atom. The van der Waals surface area contributed by atoms with Gasteiger partial charge in [-0.25, -0.2) is 13.4 Å². The standard InChI is InChI=1S/C31H31N3O5S/c1-4-40(37,38)15-14-22-8-10-23(11-9-22)31(36)34-26-7-5-6-24(17-26)21(2)16-27-19-32-20-28(33-27)25-12-13-29(35)30(18-25)39-3/h4-13,17-21,35H,1,14-16H2,2-3H3,(H,34,36)/t21-/m1/s1. The highest BCUT2D eigenvalue weighted by molar-refractivity contribution is 7.94. The minimum absolute atomic E-state index is 0.0194. The molecule has 3 aromatic carbocycles. The molecule has 0 saturated heterocycles. The number of hydrogen-bond acceptors (Lipinski definition) is 7. The van der Waals surface area contributed by atoms with Crippen LogP contribution in [0.15, 0.2) is 91.1 Å². The Balaban J connectivity index is 1.41. The van der Waals surface area contributed by atoms with Crippen molar-refractivity contribution in [3.05, 3.63) is 113 Å². The van der Waals surface area contributed by atoms with Gasteiger partial charge in [0.2, 0.25) is 0 Å². The normalized spacial score (nSPS) is 11.9. The monoisotopic (exact) mass is 557 g/mol. The van der Waals surface area contributed by atoms with Crippen LogP contribution in [0, 0.1) is 0 Å². The summed E-state index contributed by atoms with van der Waals surface area (Å²) in [4.78, 5) is 21.9. The summed E-state index contributed by atoms with van der Waals surface area (Å²) < 4.78 is 28.5. The van der Waals surface area contributed by atoms with Crippen molar-refractivity contribution >= 4 is 21.4 Å². The van der Waals surface area contributed by atoms with Gasteiger partial charge in [-0.15, -0.1) is 0 Å². The zero-order chi connectivity index (χ0) is 28.7. The number of methoxy groups -OCH3 is 1. The number of aromatic hydroxyl groups is 1. The summed E-state index contributed by atoms with van der Waals surface area (Å²) in [5.74, 6) is 0.255. The summed E-state index contributed by atoms with van der Waals surface area (Å²) in [5, 5.41) is 13.8. The Morgan fingerprint density at radius 1 is 1.10 bits per heavy atom. The van der Waals surface area contributed by atoms with E-state index in [0.29, 0.717) is 35.5 Å². The van der Waals surface area contributed by atoms with Crippen LogP contribution in [-0.4, -0.2) is 42.3 Å². The van der Waals surface area contributed by atoms with Gasteiger partial charge >= 0.3 is 0 Å². The second-order valence-electron chi connectivity index (χ2n) is 9.45. The van der Waals surface area contributed by atoms with E-state index in [2.05, 4.69) is 23.8 Å². The number of nitrogens with one attached hydrogen (secondary N) is 1. The highest BCUT2D eigenvalue weighted by atomic mass is 32.2. The van der Waals surface area contributed by atoms with Gasteiger partial charge in [0.1, 0.15) is 0 Å². The van der Waals surface area contributed by atoms with Crippen molar-refractivity contribution in [1.29, 1.82) is 0 Å². The van der Waals surface area contributed by atoms with Crippen LogP contribution in [-0.2, 0) is 22.7 Å². The molecule has 1 heterocycles. The summed E-state index contributed by atoms with van der Waals surface area (Å²) >= 11 is 0. The molecule has 0 aliphatic carbocycles. The Hall–Kier alpha value is -4.50. The van der Waals surface area contributed by atoms with Crippen molar-refractivity contribution in [3.63, 3.8) is 0 Å². The van der Waals surface area contributed by atoms with Gasteiger partial charge in [0.05, 0.1) is 30.4 Å². The third-order valence-electron chi connectivity index (χ3n) is 6.53. The van der Waals surface area contributed by atoms with E-state index >= 15 is 0 Å². The Bertz CT molecular complexity index is 1620. The second-order valence-corrected chi connectivity index (χ2v) is 11.5. The smallest absolute Gasteiger partial charge is 0.255 e. The number of phenols is 1. The molecule has 0 saturated carbocycles. The second kappa shape index (κ2) is 12.6. The molecule has 0 unspecified atom stereocenters. The molecular weight excluding hydrogens is 526 g/mol. The molecule has 0 aliphatic rings. The highest BCUT2D eigenvalue weighted by Gasteiger charge is 2.13. The van der Waals surface area contributed by atoms with Crippen LogP contribution in [0.25, 0.3) is 11.3 Å². The van der Waals surface area contributed by atoms with E-state index in [1.165, 1.54) is 7.11 Å². The number of phenolic OH excluding ortho intramolecular Hbond substituents is 1. The van der Waals surface area contributed by atoms with Gasteiger partial charge in [-0.1, -0.05) is 37.8 Å². The molecule has 9 heteroatoms. The van der Waals surface area contributed by atoms with Gasteiger partial charge in [-0.2, -0.15) is 0 Å². The van der Waals surface area contributed by atoms with Gasteiger partial charge in [0, 0.05) is 28.4 Å². The van der Waals surface area contributed by atoms with Crippen LogP contribution >= 0.6 is 0 Å². The molecule has 40 heavy (non-hydrogen) atoms. The molecule has 0 fully saturated rings. The molecule has 4 rings (SSSR count). The number of sulfone groups is 1. The quantitative estimate of drug-likeness (QED) is 0.248. The molecule has 1 amide bonds. The first-order chi connectivity index (χ1) is 19.2. The molecule has 0 spiro atoms. The average Bonchev–Trinajstić information content (AvgIpc) is 2.97. The minimum atomic E-state index is -3.27. The van der Waals surface area contributed by atoms with Crippen LogP contribution < -0.4 is 10.1 Å². The third-order valence-corrected chi connectivity index (χ3v) is 7.82. The first kappa shape index (κ1) is 28.5. The molecule has 0 aliphatic heterocycles. The maximum absolute atomic E-state index is 12.8. The van der Waals surface area contributed by atoms with E-state index < -0.39 is 9.84 Å². The van der Waals surface area contributed by atoms with Crippen LogP contribution in [0.1, 0.15) is 40.0 Å². The predicted molar refractivity (Wildman–Crippen MR) is 156 cm³/mol. The fourth-order valence-corrected chi connectivity index (χ4v) is 4.89. The topological polar surface area (TPSA) is 118 Å². The SMILES string of the molecule is C=CS(=O)(=O)CCc1ccc(C(=O)Nc2cccc([C@H](C)Cc3cncc(-c4ccc(O)c(OC)c4)n3)c2)cc1. The van der Waals surface area contributed by atoms with E-state index in [0.717, 1.165) is 27.8 Å². The summed E-state index contributed by atoms with van der Waals surface area (Å²) in [6.07, 6.45) is 4.40. The van der Waals surface area contributed by atoms with E-state index in [9.17, 15) is 18.3 Å². The van der Waals surface area contributed by atoms with Crippen LogP contribution in [0.3, 0.4) is 0 Å². The van der Waals surface area contributed by atoms with Gasteiger partial charge in [-0.05, 0) is 72.4 Å². The number of nitrogens with zero attached hydrogens (tertiary/aromatic N) is 2. The zero-order valence-electron chi connectivity index (χ0n) is 22.4. The molecular formula is C31H31N3O5S. The fraction of sp³-hybridized carbons (Fsp3) is 0.194. The zero-order valence-corrected chi connectivity index (χ0v) is 23.2. The average molecular weight is 558 g/mol. The van der Waals surface area contributed by atoms with Crippen molar-refractivity contribution in [3.8, 4) is 22.8 Å². The lowest BCUT2D eigenvalue weighted by atomic mass is 9.95. The number of benzene rings is 3. The number of hydrogen-bond donors (Lipinski definition) is 2. The number of carbonyl (C=O) groups excluding carboxylic acids is 1. The Morgan fingerprint density at radius 3 is 2.60 bits per heavy atom. The highest BCUT2D eigenvalue weighted by Crippen LogP contribution is 2.31. The maximum atomic E-state index is 12.8. The molecule has 4 aromatic rings.